The predicted molar refractivity (Wildman–Crippen MR) is 83.6 cm³/mol. The van der Waals surface area contributed by atoms with Crippen LogP contribution >= 0.6 is 0 Å². The van der Waals surface area contributed by atoms with E-state index in [9.17, 15) is 0 Å². The van der Waals surface area contributed by atoms with Crippen LogP contribution in [0, 0.1) is 0 Å². The molecule has 4 nitrogen and oxygen atoms in total. The summed E-state index contributed by atoms with van der Waals surface area (Å²) in [6.45, 7) is 2.77. The molecule has 0 fully saturated rings. The van der Waals surface area contributed by atoms with E-state index in [1.807, 2.05) is 30.3 Å². The average Bonchev–Trinajstić information content (AvgIpc) is 2.54. The van der Waals surface area contributed by atoms with Crippen LogP contribution in [0.2, 0.25) is 0 Å². The lowest BCUT2D eigenvalue weighted by Crippen LogP contribution is -2.14. The summed E-state index contributed by atoms with van der Waals surface area (Å²) in [6.07, 6.45) is 5.25. The van der Waals surface area contributed by atoms with Gasteiger partial charge >= 0.3 is 0 Å². The SMILES string of the molecule is CCCOc1cncc(C(N)Cc2ccc(OC)cc2)c1. The van der Waals surface area contributed by atoms with Gasteiger partial charge in [-0.15, -0.1) is 0 Å². The van der Waals surface area contributed by atoms with Crippen LogP contribution < -0.4 is 15.2 Å². The molecule has 0 aliphatic heterocycles. The highest BCUT2D eigenvalue weighted by Gasteiger charge is 2.09. The van der Waals surface area contributed by atoms with Crippen molar-refractivity contribution in [3.63, 3.8) is 0 Å². The predicted octanol–water partition coefficient (Wildman–Crippen LogP) is 3.12. The molecule has 112 valence electrons. The lowest BCUT2D eigenvalue weighted by atomic mass is 10.0. The molecular weight excluding hydrogens is 264 g/mol. The Balaban J connectivity index is 2.03. The van der Waals surface area contributed by atoms with E-state index in [2.05, 4.69) is 11.9 Å². The Morgan fingerprint density at radius 2 is 1.90 bits per heavy atom. The summed E-state index contributed by atoms with van der Waals surface area (Å²) in [4.78, 5) is 4.20. The van der Waals surface area contributed by atoms with E-state index in [1.54, 1.807) is 19.5 Å². The summed E-state index contributed by atoms with van der Waals surface area (Å²) < 4.78 is 10.7. The van der Waals surface area contributed by atoms with E-state index in [0.717, 1.165) is 29.9 Å². The Labute approximate surface area is 125 Å². The second-order valence-corrected chi connectivity index (χ2v) is 4.96. The topological polar surface area (TPSA) is 57.4 Å². The lowest BCUT2D eigenvalue weighted by Gasteiger charge is -2.13. The van der Waals surface area contributed by atoms with Gasteiger partial charge in [-0.25, -0.2) is 0 Å². The van der Waals surface area contributed by atoms with Crippen molar-refractivity contribution >= 4 is 0 Å². The molecule has 1 aromatic carbocycles. The first kappa shape index (κ1) is 15.3. The molecule has 4 heteroatoms. The molecule has 0 saturated heterocycles. The molecule has 2 aromatic rings. The van der Waals surface area contributed by atoms with Gasteiger partial charge in [0.1, 0.15) is 11.5 Å². The van der Waals surface area contributed by atoms with Crippen LogP contribution in [0.3, 0.4) is 0 Å². The van der Waals surface area contributed by atoms with Crippen LogP contribution in [0.5, 0.6) is 11.5 Å². The smallest absolute Gasteiger partial charge is 0.137 e. The van der Waals surface area contributed by atoms with Crippen molar-refractivity contribution < 1.29 is 9.47 Å². The molecule has 2 rings (SSSR count). The highest BCUT2D eigenvalue weighted by atomic mass is 16.5. The quantitative estimate of drug-likeness (QED) is 0.849. The Bertz CT molecular complexity index is 555. The van der Waals surface area contributed by atoms with Gasteiger partial charge in [-0.3, -0.25) is 4.98 Å². The van der Waals surface area contributed by atoms with E-state index in [4.69, 9.17) is 15.2 Å². The number of rotatable bonds is 7. The van der Waals surface area contributed by atoms with Crippen LogP contribution in [-0.2, 0) is 6.42 Å². The minimum atomic E-state index is -0.101. The number of benzene rings is 1. The van der Waals surface area contributed by atoms with Crippen molar-refractivity contribution in [2.45, 2.75) is 25.8 Å². The average molecular weight is 286 g/mol. The number of pyridine rings is 1. The molecule has 0 amide bonds. The Morgan fingerprint density at radius 1 is 1.14 bits per heavy atom. The van der Waals surface area contributed by atoms with Gasteiger partial charge in [-0.1, -0.05) is 19.1 Å². The Morgan fingerprint density at radius 3 is 2.57 bits per heavy atom. The van der Waals surface area contributed by atoms with E-state index in [-0.39, 0.29) is 6.04 Å². The third-order valence-corrected chi connectivity index (χ3v) is 3.25. The minimum absolute atomic E-state index is 0.101. The van der Waals surface area contributed by atoms with E-state index >= 15 is 0 Å². The zero-order chi connectivity index (χ0) is 15.1. The molecule has 0 aliphatic carbocycles. The van der Waals surface area contributed by atoms with Crippen molar-refractivity contribution in [2.75, 3.05) is 13.7 Å². The molecule has 0 spiro atoms. The normalized spacial score (nSPS) is 12.0. The maximum Gasteiger partial charge on any atom is 0.137 e. The standard InChI is InChI=1S/C17H22N2O2/c1-3-8-21-16-10-14(11-19-12-16)17(18)9-13-4-6-15(20-2)7-5-13/h4-7,10-12,17H,3,8-9,18H2,1-2H3. The van der Waals surface area contributed by atoms with Crippen molar-refractivity contribution in [1.29, 1.82) is 0 Å². The zero-order valence-electron chi connectivity index (χ0n) is 12.6. The lowest BCUT2D eigenvalue weighted by molar-refractivity contribution is 0.315. The monoisotopic (exact) mass is 286 g/mol. The Kier molecular flexibility index (Phi) is 5.58. The second kappa shape index (κ2) is 7.64. The van der Waals surface area contributed by atoms with Crippen LogP contribution in [0.4, 0.5) is 0 Å². The minimum Gasteiger partial charge on any atom is -0.497 e. The zero-order valence-corrected chi connectivity index (χ0v) is 12.6. The van der Waals surface area contributed by atoms with E-state index in [1.165, 1.54) is 5.56 Å². The van der Waals surface area contributed by atoms with Crippen molar-refractivity contribution in [2.24, 2.45) is 5.73 Å². The third-order valence-electron chi connectivity index (χ3n) is 3.25. The highest BCUT2D eigenvalue weighted by Crippen LogP contribution is 2.21. The summed E-state index contributed by atoms with van der Waals surface area (Å²) in [5.41, 5.74) is 8.42. The third kappa shape index (κ3) is 4.46. The van der Waals surface area contributed by atoms with Crippen LogP contribution in [0.1, 0.15) is 30.5 Å². The van der Waals surface area contributed by atoms with Gasteiger partial charge in [0.15, 0.2) is 0 Å². The maximum absolute atomic E-state index is 6.27. The summed E-state index contributed by atoms with van der Waals surface area (Å²) in [7, 11) is 1.66. The van der Waals surface area contributed by atoms with Crippen molar-refractivity contribution in [3.05, 3.63) is 53.9 Å². The number of hydrogen-bond donors (Lipinski definition) is 1. The number of ether oxygens (including phenoxy) is 2. The molecule has 2 N–H and O–H groups in total. The first-order chi connectivity index (χ1) is 10.2. The molecular formula is C17H22N2O2. The second-order valence-electron chi connectivity index (χ2n) is 4.96. The van der Waals surface area contributed by atoms with Crippen molar-refractivity contribution in [1.82, 2.24) is 4.98 Å². The number of nitrogens with two attached hydrogens (primary N) is 1. The molecule has 0 aliphatic rings. The summed E-state index contributed by atoms with van der Waals surface area (Å²) in [5.74, 6) is 1.63. The number of hydrogen-bond acceptors (Lipinski definition) is 4. The molecule has 1 aromatic heterocycles. The summed E-state index contributed by atoms with van der Waals surface area (Å²) >= 11 is 0. The van der Waals surface area contributed by atoms with Crippen LogP contribution in [0.15, 0.2) is 42.7 Å². The van der Waals surface area contributed by atoms with E-state index < -0.39 is 0 Å². The number of methoxy groups -OCH3 is 1. The fourth-order valence-corrected chi connectivity index (χ4v) is 2.07. The summed E-state index contributed by atoms with van der Waals surface area (Å²) in [5, 5.41) is 0. The Hall–Kier alpha value is -2.07. The van der Waals surface area contributed by atoms with Gasteiger partial charge in [-0.05, 0) is 42.2 Å². The largest absolute Gasteiger partial charge is 0.497 e. The van der Waals surface area contributed by atoms with Crippen molar-refractivity contribution in [3.8, 4) is 11.5 Å². The van der Waals surface area contributed by atoms with Gasteiger partial charge in [0.2, 0.25) is 0 Å². The van der Waals surface area contributed by atoms with Gasteiger partial charge in [0.25, 0.3) is 0 Å². The molecule has 0 radical (unpaired) electrons. The highest BCUT2D eigenvalue weighted by molar-refractivity contribution is 5.30. The van der Waals surface area contributed by atoms with Gasteiger partial charge in [0, 0.05) is 12.2 Å². The molecule has 21 heavy (non-hydrogen) atoms. The molecule has 1 unspecified atom stereocenters. The number of nitrogens with zero attached hydrogens (tertiary/aromatic N) is 1. The van der Waals surface area contributed by atoms with Gasteiger partial charge in [0.05, 0.1) is 19.9 Å². The van der Waals surface area contributed by atoms with E-state index in [0.29, 0.717) is 6.61 Å². The van der Waals surface area contributed by atoms with Gasteiger partial charge < -0.3 is 15.2 Å². The van der Waals surface area contributed by atoms with Crippen LogP contribution in [-0.4, -0.2) is 18.7 Å². The molecule has 1 heterocycles. The first-order valence-electron chi connectivity index (χ1n) is 7.19. The molecule has 0 saturated carbocycles. The maximum atomic E-state index is 6.27. The molecule has 0 bridgehead atoms. The first-order valence-corrected chi connectivity index (χ1v) is 7.19. The number of aromatic nitrogens is 1. The summed E-state index contributed by atoms with van der Waals surface area (Å²) in [6, 6.07) is 9.82. The fourth-order valence-electron chi connectivity index (χ4n) is 2.07. The fraction of sp³-hybridized carbons (Fsp3) is 0.353. The molecule has 1 atom stereocenters. The van der Waals surface area contributed by atoms with Gasteiger partial charge in [-0.2, -0.15) is 0 Å². The van der Waals surface area contributed by atoms with Crippen LogP contribution in [0.25, 0.3) is 0 Å².